The van der Waals surface area contributed by atoms with Crippen molar-refractivity contribution >= 4 is 15.7 Å². The number of carbonyl (C=O) groups excluding carboxylic acids is 1. The van der Waals surface area contributed by atoms with Crippen LogP contribution in [0.15, 0.2) is 24.3 Å². The summed E-state index contributed by atoms with van der Waals surface area (Å²) < 4.78 is 25.4. The predicted molar refractivity (Wildman–Crippen MR) is 93.9 cm³/mol. The Balaban J connectivity index is 2.08. The molecule has 3 rings (SSSR count). The molecular formula is C17H21N3O4S. The highest BCUT2D eigenvalue weighted by atomic mass is 32.2. The fourth-order valence-corrected chi connectivity index (χ4v) is 4.71. The molecule has 0 radical (unpaired) electrons. The van der Waals surface area contributed by atoms with Crippen molar-refractivity contribution in [1.82, 2.24) is 15.3 Å². The third kappa shape index (κ3) is 3.59. The molecule has 1 amide bonds. The lowest BCUT2D eigenvalue weighted by Gasteiger charge is -2.14. The van der Waals surface area contributed by atoms with Gasteiger partial charge in [0.2, 0.25) is 0 Å². The van der Waals surface area contributed by atoms with E-state index in [1.54, 1.807) is 10.7 Å². The van der Waals surface area contributed by atoms with E-state index in [9.17, 15) is 13.2 Å². The normalized spacial score (nSPS) is 19.1. The summed E-state index contributed by atoms with van der Waals surface area (Å²) in [6.45, 7) is 4.04. The molecule has 0 saturated carbocycles. The van der Waals surface area contributed by atoms with Gasteiger partial charge in [-0.25, -0.2) is 13.9 Å². The van der Waals surface area contributed by atoms with Crippen molar-refractivity contribution in [3.8, 4) is 11.3 Å². The van der Waals surface area contributed by atoms with Crippen LogP contribution in [-0.4, -0.2) is 42.7 Å². The molecule has 0 aliphatic carbocycles. The number of aromatic nitrogens is 2. The smallest absolute Gasteiger partial charge is 0.277 e. The lowest BCUT2D eigenvalue weighted by atomic mass is 10.0. The summed E-state index contributed by atoms with van der Waals surface area (Å²) >= 11 is 0. The summed E-state index contributed by atoms with van der Waals surface area (Å²) in [5.41, 5.74) is 6.35. The fourth-order valence-electron chi connectivity index (χ4n) is 3.01. The lowest BCUT2D eigenvalue weighted by Crippen LogP contribution is -2.23. The molecule has 1 aliphatic heterocycles. The predicted octanol–water partition coefficient (Wildman–Crippen LogP) is 1.82. The minimum absolute atomic E-state index is 0.0395. The number of hydroxylamine groups is 1. The maximum absolute atomic E-state index is 12.1. The van der Waals surface area contributed by atoms with Crippen molar-refractivity contribution in [3.63, 3.8) is 0 Å². The number of sulfone groups is 1. The first-order chi connectivity index (χ1) is 11.8. The number of rotatable bonds is 4. The second-order valence-electron chi connectivity index (χ2n) is 6.35. The number of benzene rings is 1. The maximum Gasteiger partial charge on any atom is 0.295 e. The number of nitrogens with one attached hydrogen (secondary N) is 1. The molecule has 134 valence electrons. The summed E-state index contributed by atoms with van der Waals surface area (Å²) in [6, 6.07) is 7.37. The zero-order valence-electron chi connectivity index (χ0n) is 14.4. The molecule has 0 bridgehead atoms. The molecule has 1 aliphatic rings. The van der Waals surface area contributed by atoms with Crippen molar-refractivity contribution < 1.29 is 18.0 Å². The van der Waals surface area contributed by atoms with Gasteiger partial charge in [0.25, 0.3) is 5.91 Å². The molecule has 1 saturated heterocycles. The van der Waals surface area contributed by atoms with Gasteiger partial charge in [0.1, 0.15) is 0 Å². The molecule has 8 heteroatoms. The van der Waals surface area contributed by atoms with E-state index in [0.29, 0.717) is 6.42 Å². The molecule has 1 N–H and O–H groups in total. The van der Waals surface area contributed by atoms with Crippen LogP contribution in [0.1, 0.15) is 34.1 Å². The first kappa shape index (κ1) is 17.6. The van der Waals surface area contributed by atoms with Crippen LogP contribution in [0.25, 0.3) is 11.3 Å². The van der Waals surface area contributed by atoms with E-state index in [1.807, 2.05) is 32.0 Å². The number of hydrogen-bond acceptors (Lipinski definition) is 5. The lowest BCUT2D eigenvalue weighted by molar-refractivity contribution is 0.0531. The quantitative estimate of drug-likeness (QED) is 0.837. The zero-order valence-corrected chi connectivity index (χ0v) is 15.3. The summed E-state index contributed by atoms with van der Waals surface area (Å²) in [6.07, 6.45) is 0.493. The van der Waals surface area contributed by atoms with E-state index in [4.69, 9.17) is 0 Å². The van der Waals surface area contributed by atoms with Crippen molar-refractivity contribution in [2.45, 2.75) is 26.3 Å². The van der Waals surface area contributed by atoms with Gasteiger partial charge < -0.3 is 0 Å². The summed E-state index contributed by atoms with van der Waals surface area (Å²) in [7, 11) is -1.71. The van der Waals surface area contributed by atoms with Crippen LogP contribution in [-0.2, 0) is 14.7 Å². The first-order valence-corrected chi connectivity index (χ1v) is 9.84. The highest BCUT2D eigenvalue weighted by Crippen LogP contribution is 2.31. The van der Waals surface area contributed by atoms with Crippen LogP contribution < -0.4 is 5.48 Å². The van der Waals surface area contributed by atoms with Crippen molar-refractivity contribution in [3.05, 3.63) is 41.1 Å². The van der Waals surface area contributed by atoms with Gasteiger partial charge in [0.05, 0.1) is 30.4 Å². The average molecular weight is 363 g/mol. The zero-order chi connectivity index (χ0) is 18.2. The Morgan fingerprint density at radius 2 is 2.04 bits per heavy atom. The monoisotopic (exact) mass is 363 g/mol. The fraction of sp³-hybridized carbons (Fsp3) is 0.412. The summed E-state index contributed by atoms with van der Waals surface area (Å²) in [5, 5.41) is 4.36. The molecule has 1 fully saturated rings. The van der Waals surface area contributed by atoms with Gasteiger partial charge in [0.15, 0.2) is 15.5 Å². The van der Waals surface area contributed by atoms with Gasteiger partial charge in [-0.1, -0.05) is 12.1 Å². The molecule has 1 aromatic heterocycles. The minimum atomic E-state index is -3.06. The van der Waals surface area contributed by atoms with Crippen molar-refractivity contribution in [2.75, 3.05) is 18.6 Å². The van der Waals surface area contributed by atoms with Gasteiger partial charge >= 0.3 is 0 Å². The van der Waals surface area contributed by atoms with E-state index in [-0.39, 0.29) is 23.2 Å². The van der Waals surface area contributed by atoms with Gasteiger partial charge in [-0.2, -0.15) is 5.10 Å². The second kappa shape index (κ2) is 6.61. The third-order valence-electron chi connectivity index (χ3n) is 4.52. The van der Waals surface area contributed by atoms with E-state index >= 15 is 0 Å². The number of aryl methyl sites for hydroxylation is 2. The number of hydrogen-bond donors (Lipinski definition) is 1. The Labute approximate surface area is 146 Å². The molecular weight excluding hydrogens is 342 g/mol. The van der Waals surface area contributed by atoms with Crippen LogP contribution >= 0.6 is 0 Å². The van der Waals surface area contributed by atoms with E-state index < -0.39 is 15.7 Å². The van der Waals surface area contributed by atoms with Crippen LogP contribution in [0.3, 0.4) is 0 Å². The molecule has 1 unspecified atom stereocenters. The second-order valence-corrected chi connectivity index (χ2v) is 8.58. The van der Waals surface area contributed by atoms with Gasteiger partial charge in [-0.3, -0.25) is 14.3 Å². The Kier molecular flexibility index (Phi) is 4.66. The topological polar surface area (TPSA) is 90.3 Å². The maximum atomic E-state index is 12.1. The standard InChI is InChI=1S/C17H21N3O4S/c1-11-4-5-13(8-12(11)2)16-9-15(17(21)19-24-3)18-20(16)14-6-7-25(22,23)10-14/h4-5,8-9,14H,6-7,10H2,1-3H3,(H,19,21). The van der Waals surface area contributed by atoms with Gasteiger partial charge in [0, 0.05) is 5.56 Å². The first-order valence-electron chi connectivity index (χ1n) is 8.01. The third-order valence-corrected chi connectivity index (χ3v) is 6.27. The summed E-state index contributed by atoms with van der Waals surface area (Å²) in [4.78, 5) is 16.7. The van der Waals surface area contributed by atoms with E-state index in [2.05, 4.69) is 15.4 Å². The molecule has 2 aromatic rings. The number of amides is 1. The summed E-state index contributed by atoms with van der Waals surface area (Å²) in [5.74, 6) is -0.284. The number of nitrogens with zero attached hydrogens (tertiary/aromatic N) is 2. The Hall–Kier alpha value is -2.19. The molecule has 25 heavy (non-hydrogen) atoms. The van der Waals surface area contributed by atoms with Crippen LogP contribution in [0.5, 0.6) is 0 Å². The minimum Gasteiger partial charge on any atom is -0.277 e. The average Bonchev–Trinajstić information content (AvgIpc) is 3.13. The largest absolute Gasteiger partial charge is 0.295 e. The molecule has 1 atom stereocenters. The van der Waals surface area contributed by atoms with E-state index in [1.165, 1.54) is 7.11 Å². The Morgan fingerprint density at radius 3 is 2.64 bits per heavy atom. The Bertz CT molecular complexity index is 918. The van der Waals surface area contributed by atoms with Crippen LogP contribution in [0.2, 0.25) is 0 Å². The molecule has 2 heterocycles. The van der Waals surface area contributed by atoms with Crippen LogP contribution in [0.4, 0.5) is 0 Å². The van der Waals surface area contributed by atoms with Crippen molar-refractivity contribution in [1.29, 1.82) is 0 Å². The van der Waals surface area contributed by atoms with Gasteiger partial charge in [-0.05, 0) is 43.5 Å². The molecule has 7 nitrogen and oxygen atoms in total. The van der Waals surface area contributed by atoms with Gasteiger partial charge in [-0.15, -0.1) is 0 Å². The Morgan fingerprint density at radius 1 is 1.28 bits per heavy atom. The van der Waals surface area contributed by atoms with Crippen LogP contribution in [0, 0.1) is 13.8 Å². The van der Waals surface area contributed by atoms with Crippen molar-refractivity contribution in [2.24, 2.45) is 0 Å². The molecule has 0 spiro atoms. The van der Waals surface area contributed by atoms with E-state index in [0.717, 1.165) is 22.4 Å². The highest BCUT2D eigenvalue weighted by molar-refractivity contribution is 7.91. The number of carbonyl (C=O) groups is 1. The highest BCUT2D eigenvalue weighted by Gasteiger charge is 2.32. The molecule has 1 aromatic carbocycles. The SMILES string of the molecule is CONC(=O)c1cc(-c2ccc(C)c(C)c2)n(C2CCS(=O)(=O)C2)n1.